The highest BCUT2D eigenvalue weighted by molar-refractivity contribution is 5.83. The van der Waals surface area contributed by atoms with Crippen LogP contribution in [-0.4, -0.2) is 19.0 Å². The lowest BCUT2D eigenvalue weighted by Crippen LogP contribution is -2.36. The largest absolute Gasteiger partial charge is 0.357 e. The third kappa shape index (κ3) is 3.71. The molecular weight excluding hydrogens is 234 g/mol. The van der Waals surface area contributed by atoms with Gasteiger partial charge in [0.15, 0.2) is 5.96 Å². The van der Waals surface area contributed by atoms with Gasteiger partial charge >= 0.3 is 0 Å². The maximum atomic E-state index is 4.57. The quantitative estimate of drug-likeness (QED) is 0.651. The van der Waals surface area contributed by atoms with E-state index in [1.165, 1.54) is 16.3 Å². The van der Waals surface area contributed by atoms with Crippen LogP contribution in [0, 0.1) is 0 Å². The lowest BCUT2D eigenvalue weighted by Gasteiger charge is -2.09. The SMILES string of the molecule is CCNC(=NCc1ccc2ccccc2c1)NCC. The molecule has 0 bridgehead atoms. The molecule has 0 saturated carbocycles. The van der Waals surface area contributed by atoms with Crippen molar-refractivity contribution in [3.63, 3.8) is 0 Å². The maximum Gasteiger partial charge on any atom is 0.191 e. The first kappa shape index (κ1) is 13.4. The minimum Gasteiger partial charge on any atom is -0.357 e. The molecule has 0 radical (unpaired) electrons. The number of guanidine groups is 1. The molecule has 100 valence electrons. The van der Waals surface area contributed by atoms with Gasteiger partial charge in [-0.3, -0.25) is 0 Å². The fourth-order valence-corrected chi connectivity index (χ4v) is 2.02. The number of benzene rings is 2. The standard InChI is InChI=1S/C16H21N3/c1-3-17-16(18-4-2)19-12-13-9-10-14-7-5-6-8-15(14)11-13/h5-11H,3-4,12H2,1-2H3,(H2,17,18,19). The number of rotatable bonds is 4. The second kappa shape index (κ2) is 6.78. The first-order chi connectivity index (χ1) is 9.33. The highest BCUT2D eigenvalue weighted by Crippen LogP contribution is 2.16. The Balaban J connectivity index is 2.13. The Bertz CT molecular complexity index is 553. The monoisotopic (exact) mass is 255 g/mol. The number of fused-ring (bicyclic) bond motifs is 1. The van der Waals surface area contributed by atoms with Crippen LogP contribution >= 0.6 is 0 Å². The van der Waals surface area contributed by atoms with Crippen molar-refractivity contribution in [1.29, 1.82) is 0 Å². The molecule has 0 aliphatic carbocycles. The lowest BCUT2D eigenvalue weighted by atomic mass is 10.1. The fraction of sp³-hybridized carbons (Fsp3) is 0.312. The average molecular weight is 255 g/mol. The summed E-state index contributed by atoms with van der Waals surface area (Å²) in [5.41, 5.74) is 1.23. The Hall–Kier alpha value is -2.03. The molecule has 0 atom stereocenters. The van der Waals surface area contributed by atoms with Crippen LogP contribution in [0.3, 0.4) is 0 Å². The third-order valence-corrected chi connectivity index (χ3v) is 2.92. The van der Waals surface area contributed by atoms with Crippen LogP contribution in [0.1, 0.15) is 19.4 Å². The van der Waals surface area contributed by atoms with Crippen LogP contribution in [0.25, 0.3) is 10.8 Å². The third-order valence-electron chi connectivity index (χ3n) is 2.92. The van der Waals surface area contributed by atoms with Crippen LogP contribution < -0.4 is 10.6 Å². The number of hydrogen-bond donors (Lipinski definition) is 2. The first-order valence-corrected chi connectivity index (χ1v) is 6.83. The summed E-state index contributed by atoms with van der Waals surface area (Å²) in [6.07, 6.45) is 0. The van der Waals surface area contributed by atoms with Gasteiger partial charge in [-0.25, -0.2) is 4.99 Å². The summed E-state index contributed by atoms with van der Waals surface area (Å²) in [5.74, 6) is 0.873. The summed E-state index contributed by atoms with van der Waals surface area (Å²) in [7, 11) is 0. The number of aliphatic imine (C=N–C) groups is 1. The van der Waals surface area contributed by atoms with Gasteiger partial charge in [0, 0.05) is 13.1 Å². The van der Waals surface area contributed by atoms with Crippen molar-refractivity contribution < 1.29 is 0 Å². The van der Waals surface area contributed by atoms with E-state index >= 15 is 0 Å². The van der Waals surface area contributed by atoms with Gasteiger partial charge < -0.3 is 10.6 Å². The molecule has 0 spiro atoms. The summed E-state index contributed by atoms with van der Waals surface area (Å²) < 4.78 is 0. The van der Waals surface area contributed by atoms with Crippen LogP contribution in [0.4, 0.5) is 0 Å². The molecule has 2 rings (SSSR count). The summed E-state index contributed by atoms with van der Waals surface area (Å²) in [5, 5.41) is 9.00. The molecular formula is C16H21N3. The summed E-state index contributed by atoms with van der Waals surface area (Å²) >= 11 is 0. The number of nitrogens with one attached hydrogen (secondary N) is 2. The van der Waals surface area contributed by atoms with Crippen molar-refractivity contribution in [2.24, 2.45) is 4.99 Å². The zero-order valence-corrected chi connectivity index (χ0v) is 11.6. The first-order valence-electron chi connectivity index (χ1n) is 6.83. The van der Waals surface area contributed by atoms with Crippen molar-refractivity contribution in [3.8, 4) is 0 Å². The zero-order valence-electron chi connectivity index (χ0n) is 11.6. The molecule has 2 N–H and O–H groups in total. The molecule has 0 fully saturated rings. The van der Waals surface area contributed by atoms with Crippen molar-refractivity contribution in [2.45, 2.75) is 20.4 Å². The normalized spacial score (nSPS) is 10.2. The molecule has 2 aromatic rings. The van der Waals surface area contributed by atoms with Gasteiger partial charge in [0.05, 0.1) is 6.54 Å². The Morgan fingerprint density at radius 3 is 2.32 bits per heavy atom. The molecule has 0 heterocycles. The minimum atomic E-state index is 0.695. The van der Waals surface area contributed by atoms with E-state index in [0.29, 0.717) is 6.54 Å². The maximum absolute atomic E-state index is 4.57. The number of nitrogens with zero attached hydrogens (tertiary/aromatic N) is 1. The average Bonchev–Trinajstić information content (AvgIpc) is 2.45. The van der Waals surface area contributed by atoms with Crippen molar-refractivity contribution >= 4 is 16.7 Å². The predicted molar refractivity (Wildman–Crippen MR) is 82.4 cm³/mol. The van der Waals surface area contributed by atoms with E-state index in [9.17, 15) is 0 Å². The molecule has 3 nitrogen and oxygen atoms in total. The van der Waals surface area contributed by atoms with Crippen LogP contribution in [0.5, 0.6) is 0 Å². The van der Waals surface area contributed by atoms with E-state index < -0.39 is 0 Å². The van der Waals surface area contributed by atoms with Gasteiger partial charge in [-0.2, -0.15) is 0 Å². The van der Waals surface area contributed by atoms with E-state index in [2.05, 4.69) is 71.9 Å². The van der Waals surface area contributed by atoms with Crippen molar-refractivity contribution in [3.05, 3.63) is 48.0 Å². The van der Waals surface area contributed by atoms with E-state index in [-0.39, 0.29) is 0 Å². The Morgan fingerprint density at radius 1 is 0.947 bits per heavy atom. The minimum absolute atomic E-state index is 0.695. The Morgan fingerprint density at radius 2 is 1.63 bits per heavy atom. The predicted octanol–water partition coefficient (Wildman–Crippen LogP) is 2.91. The second-order valence-electron chi connectivity index (χ2n) is 4.41. The van der Waals surface area contributed by atoms with Crippen LogP contribution in [0.2, 0.25) is 0 Å². The number of hydrogen-bond acceptors (Lipinski definition) is 1. The second-order valence-corrected chi connectivity index (χ2v) is 4.41. The molecule has 0 aromatic heterocycles. The van der Waals surface area contributed by atoms with Crippen LogP contribution in [-0.2, 0) is 6.54 Å². The van der Waals surface area contributed by atoms with E-state index in [4.69, 9.17) is 0 Å². The molecule has 19 heavy (non-hydrogen) atoms. The van der Waals surface area contributed by atoms with Crippen molar-refractivity contribution in [2.75, 3.05) is 13.1 Å². The van der Waals surface area contributed by atoms with Gasteiger partial charge in [0.1, 0.15) is 0 Å². The molecule has 0 aliphatic rings. The summed E-state index contributed by atoms with van der Waals surface area (Å²) in [6.45, 7) is 6.60. The zero-order chi connectivity index (χ0) is 13.5. The fourth-order valence-electron chi connectivity index (χ4n) is 2.02. The van der Waals surface area contributed by atoms with E-state index in [1.54, 1.807) is 0 Å². The smallest absolute Gasteiger partial charge is 0.191 e. The molecule has 0 amide bonds. The highest BCUT2D eigenvalue weighted by Gasteiger charge is 1.97. The van der Waals surface area contributed by atoms with Gasteiger partial charge in [-0.05, 0) is 36.2 Å². The Kier molecular flexibility index (Phi) is 4.78. The molecule has 0 unspecified atom stereocenters. The van der Waals surface area contributed by atoms with E-state index in [1.807, 2.05) is 0 Å². The molecule has 2 aromatic carbocycles. The van der Waals surface area contributed by atoms with Gasteiger partial charge in [-0.1, -0.05) is 36.4 Å². The lowest BCUT2D eigenvalue weighted by molar-refractivity contribution is 0.839. The molecule has 0 saturated heterocycles. The highest BCUT2D eigenvalue weighted by atomic mass is 15.2. The van der Waals surface area contributed by atoms with Crippen LogP contribution in [0.15, 0.2) is 47.5 Å². The molecule has 3 heteroatoms. The summed E-state index contributed by atoms with van der Waals surface area (Å²) in [6, 6.07) is 14.9. The topological polar surface area (TPSA) is 36.4 Å². The van der Waals surface area contributed by atoms with E-state index in [0.717, 1.165) is 19.0 Å². The summed E-state index contributed by atoms with van der Waals surface area (Å²) in [4.78, 5) is 4.57. The van der Waals surface area contributed by atoms with Gasteiger partial charge in [0.2, 0.25) is 0 Å². The molecule has 0 aliphatic heterocycles. The van der Waals surface area contributed by atoms with Gasteiger partial charge in [-0.15, -0.1) is 0 Å². The van der Waals surface area contributed by atoms with Crippen molar-refractivity contribution in [1.82, 2.24) is 10.6 Å². The van der Waals surface area contributed by atoms with Gasteiger partial charge in [0.25, 0.3) is 0 Å². The Labute approximate surface area is 114 Å².